The summed E-state index contributed by atoms with van der Waals surface area (Å²) in [5.41, 5.74) is 3.98. The van der Waals surface area contributed by atoms with Crippen LogP contribution >= 0.6 is 0 Å². The third-order valence-corrected chi connectivity index (χ3v) is 10.2. The zero-order valence-corrected chi connectivity index (χ0v) is 36.9. The molecule has 1 heterocycles. The Kier molecular flexibility index (Phi) is 19.0. The minimum absolute atomic E-state index is 0.0864. The summed E-state index contributed by atoms with van der Waals surface area (Å²) in [5.74, 6) is -4.05. The van der Waals surface area contributed by atoms with E-state index in [9.17, 15) is 43.2 Å². The molecule has 1 aromatic carbocycles. The van der Waals surface area contributed by atoms with Crippen LogP contribution in [0.1, 0.15) is 130 Å². The van der Waals surface area contributed by atoms with Crippen molar-refractivity contribution in [2.24, 2.45) is 17.1 Å². The summed E-state index contributed by atoms with van der Waals surface area (Å²) in [6.45, 7) is 10.9. The fourth-order valence-corrected chi connectivity index (χ4v) is 6.93. The second-order valence-electron chi connectivity index (χ2n) is 17.6. The van der Waals surface area contributed by atoms with Gasteiger partial charge in [0.15, 0.2) is 0 Å². The number of esters is 2. The molecule has 2 aliphatic rings. The van der Waals surface area contributed by atoms with Gasteiger partial charge < -0.3 is 31.2 Å². The van der Waals surface area contributed by atoms with Gasteiger partial charge in [-0.3, -0.25) is 33.7 Å². The summed E-state index contributed by atoms with van der Waals surface area (Å²) in [4.78, 5) is 115. The molecule has 1 aromatic rings. The predicted octanol–water partition coefficient (Wildman–Crippen LogP) is 5.48. The van der Waals surface area contributed by atoms with Gasteiger partial charge in [0.2, 0.25) is 11.8 Å². The fourth-order valence-electron chi connectivity index (χ4n) is 6.93. The van der Waals surface area contributed by atoms with Crippen LogP contribution in [0.5, 0.6) is 0 Å². The van der Waals surface area contributed by atoms with Gasteiger partial charge in [-0.1, -0.05) is 31.4 Å². The number of ether oxygens (including phenoxy) is 2. The molecule has 0 bridgehead atoms. The average molecular weight is 862 g/mol. The zero-order chi connectivity index (χ0) is 46.1. The summed E-state index contributed by atoms with van der Waals surface area (Å²) in [6, 6.07) is 4.24. The van der Waals surface area contributed by atoms with Crippen molar-refractivity contribution < 1.29 is 52.6 Å². The number of Topliss-reactive ketones (excluding diaryl/α,β-unsaturated/α-hetero) is 2. The summed E-state index contributed by atoms with van der Waals surface area (Å²) < 4.78 is 10.7. The number of hydrogen-bond donors (Lipinski definition) is 4. The summed E-state index contributed by atoms with van der Waals surface area (Å²) >= 11 is 0. The number of carbonyl (C=O) groups is 9. The van der Waals surface area contributed by atoms with Gasteiger partial charge in [-0.05, 0) is 109 Å². The highest BCUT2D eigenvalue weighted by atomic mass is 16.6. The van der Waals surface area contributed by atoms with Crippen LogP contribution in [0.2, 0.25) is 0 Å². The number of unbranched alkanes of at least 4 members (excludes halogenated alkanes) is 3. The monoisotopic (exact) mass is 861 g/mol. The van der Waals surface area contributed by atoms with E-state index >= 15 is 0 Å². The molecule has 16 nitrogen and oxygen atoms in total. The fraction of sp³-hybridized carbons (Fsp3) is 0.543. The predicted molar refractivity (Wildman–Crippen MR) is 233 cm³/mol. The van der Waals surface area contributed by atoms with Crippen molar-refractivity contribution in [2.75, 3.05) is 25.0 Å². The third-order valence-electron chi connectivity index (χ3n) is 10.2. The SMILES string of the molecule is CC(C)(C)OC(=O)/C=C/c1ccc(/C=C/C(=O)OC(C)(C)C)c(NC(=O)CCNC(=O)[C@H](CCCNC(N)=O)CC(=O)C2(C(=O)CCCCCCN3C(=O)C=CC3=O)CCC2)c1. The molecule has 0 radical (unpaired) electrons. The van der Waals surface area contributed by atoms with Crippen LogP contribution in [0.15, 0.2) is 42.5 Å². The van der Waals surface area contributed by atoms with Crippen LogP contribution in [0.25, 0.3) is 12.2 Å². The van der Waals surface area contributed by atoms with E-state index in [1.165, 1.54) is 41.4 Å². The zero-order valence-electron chi connectivity index (χ0n) is 36.9. The highest BCUT2D eigenvalue weighted by Gasteiger charge is 2.49. The first-order chi connectivity index (χ1) is 29.1. The number of ketones is 2. The average Bonchev–Trinajstić information content (AvgIpc) is 3.46. The minimum Gasteiger partial charge on any atom is -0.457 e. The van der Waals surface area contributed by atoms with Gasteiger partial charge in [0.25, 0.3) is 11.8 Å². The molecule has 3 rings (SSSR count). The van der Waals surface area contributed by atoms with Crippen LogP contribution in [0.4, 0.5) is 10.5 Å². The standard InChI is InChI=1S/C46H63N5O11/c1-44(2,3)61-40(57)21-16-31-15-17-32(18-22-41(58)62-45(4,5)6)34(29-31)50-37(54)23-27-48-42(59)33(13-11-26-49-43(47)60)30-36(53)46(24-12-25-46)35(52)14-9-7-8-10-28-51-38(55)19-20-39(51)56/h15-22,29,33H,7-14,23-28,30H2,1-6H3,(H,48,59)(H,50,54)(H3,47,49,60)/b21-16+,22-18+/t33-/m1/s1. The topological polar surface area (TPSA) is 237 Å². The molecule has 0 unspecified atom stereocenters. The van der Waals surface area contributed by atoms with E-state index in [0.717, 1.165) is 0 Å². The number of benzene rings is 1. The van der Waals surface area contributed by atoms with Gasteiger partial charge in [-0.15, -0.1) is 0 Å². The van der Waals surface area contributed by atoms with Crippen LogP contribution in [-0.4, -0.2) is 88.9 Å². The van der Waals surface area contributed by atoms with Crippen molar-refractivity contribution in [3.05, 3.63) is 53.6 Å². The van der Waals surface area contributed by atoms with Crippen molar-refractivity contribution >= 4 is 71.0 Å². The quantitative estimate of drug-likeness (QED) is 0.0334. The first kappa shape index (κ1) is 50.4. The smallest absolute Gasteiger partial charge is 0.331 e. The molecule has 1 aliphatic heterocycles. The number of nitrogens with zero attached hydrogens (tertiary/aromatic N) is 1. The lowest BCUT2D eigenvalue weighted by Gasteiger charge is -2.39. The molecular weight excluding hydrogens is 799 g/mol. The summed E-state index contributed by atoms with van der Waals surface area (Å²) in [6.07, 6.45) is 12.5. The van der Waals surface area contributed by atoms with Crippen molar-refractivity contribution in [2.45, 2.75) is 130 Å². The molecule has 1 saturated carbocycles. The number of carbonyl (C=O) groups excluding carboxylic acids is 9. The molecule has 5 N–H and O–H groups in total. The Bertz CT molecular complexity index is 1910. The van der Waals surface area contributed by atoms with Crippen molar-refractivity contribution in [1.82, 2.24) is 15.5 Å². The number of primary amides is 1. The largest absolute Gasteiger partial charge is 0.457 e. The second kappa shape index (κ2) is 23.3. The van der Waals surface area contributed by atoms with E-state index in [-0.39, 0.29) is 62.2 Å². The Hall–Kier alpha value is -5.93. The molecule has 16 heteroatoms. The molecule has 62 heavy (non-hydrogen) atoms. The van der Waals surface area contributed by atoms with E-state index in [4.69, 9.17) is 15.2 Å². The number of anilines is 1. The number of nitrogens with one attached hydrogen (secondary N) is 3. The van der Waals surface area contributed by atoms with Gasteiger partial charge >= 0.3 is 18.0 Å². The van der Waals surface area contributed by atoms with E-state index in [2.05, 4.69) is 16.0 Å². The molecule has 0 aromatic heterocycles. The van der Waals surface area contributed by atoms with Gasteiger partial charge in [0.05, 0.1) is 5.41 Å². The van der Waals surface area contributed by atoms with E-state index < -0.39 is 52.3 Å². The van der Waals surface area contributed by atoms with Crippen molar-refractivity contribution in [1.29, 1.82) is 0 Å². The Morgan fingerprint density at radius 1 is 0.774 bits per heavy atom. The maximum Gasteiger partial charge on any atom is 0.331 e. The van der Waals surface area contributed by atoms with E-state index in [0.29, 0.717) is 74.7 Å². The first-order valence-corrected chi connectivity index (χ1v) is 21.3. The van der Waals surface area contributed by atoms with Gasteiger partial charge in [0, 0.05) is 74.8 Å². The number of nitrogens with two attached hydrogens (primary N) is 1. The van der Waals surface area contributed by atoms with Gasteiger partial charge in [0.1, 0.15) is 22.8 Å². The molecule has 0 saturated heterocycles. The van der Waals surface area contributed by atoms with E-state index in [1.54, 1.807) is 59.7 Å². The molecule has 1 aliphatic carbocycles. The minimum atomic E-state index is -1.16. The van der Waals surface area contributed by atoms with Crippen molar-refractivity contribution in [3.8, 4) is 0 Å². The Labute approximate surface area is 363 Å². The lowest BCUT2D eigenvalue weighted by molar-refractivity contribution is -0.149. The number of amides is 6. The summed E-state index contributed by atoms with van der Waals surface area (Å²) in [7, 11) is 0. The molecule has 6 amide bonds. The number of urea groups is 1. The number of imide groups is 1. The van der Waals surface area contributed by atoms with Crippen LogP contribution in [-0.2, 0) is 47.8 Å². The highest BCUT2D eigenvalue weighted by molar-refractivity contribution is 6.13. The Morgan fingerprint density at radius 3 is 1.97 bits per heavy atom. The molecule has 1 atom stereocenters. The Morgan fingerprint density at radius 2 is 1.39 bits per heavy atom. The maximum atomic E-state index is 13.8. The normalized spacial score (nSPS) is 15.3. The van der Waals surface area contributed by atoms with Crippen LogP contribution in [0.3, 0.4) is 0 Å². The summed E-state index contributed by atoms with van der Waals surface area (Å²) in [5, 5.41) is 8.04. The van der Waals surface area contributed by atoms with Crippen LogP contribution < -0.4 is 21.7 Å². The molecule has 1 fully saturated rings. The maximum absolute atomic E-state index is 13.8. The molecular formula is C46H63N5O11. The number of hydrogen-bond acceptors (Lipinski definition) is 11. The first-order valence-electron chi connectivity index (χ1n) is 21.3. The second-order valence-corrected chi connectivity index (χ2v) is 17.6. The lowest BCUT2D eigenvalue weighted by atomic mass is 9.61. The lowest BCUT2D eigenvalue weighted by Crippen LogP contribution is -2.47. The van der Waals surface area contributed by atoms with E-state index in [1.807, 2.05) is 0 Å². The van der Waals surface area contributed by atoms with Crippen molar-refractivity contribution in [3.63, 3.8) is 0 Å². The third kappa shape index (κ3) is 17.2. The van der Waals surface area contributed by atoms with Gasteiger partial charge in [-0.2, -0.15) is 0 Å². The number of rotatable bonds is 24. The molecule has 338 valence electrons. The highest BCUT2D eigenvalue weighted by Crippen LogP contribution is 2.45. The molecule has 0 spiro atoms. The van der Waals surface area contributed by atoms with Crippen LogP contribution in [0, 0.1) is 11.3 Å². The Balaban J connectivity index is 1.63. The van der Waals surface area contributed by atoms with Gasteiger partial charge in [-0.25, -0.2) is 14.4 Å².